The Morgan fingerprint density at radius 1 is 0.962 bits per heavy atom. The van der Waals surface area contributed by atoms with Crippen LogP contribution in [-0.4, -0.2) is 39.4 Å². The second kappa shape index (κ2) is 9.31. The summed E-state index contributed by atoms with van der Waals surface area (Å²) in [6.07, 6.45) is 0.322. The molecule has 0 radical (unpaired) electrons. The number of anilines is 1. The number of ether oxygens (including phenoxy) is 3. The maximum atomic E-state index is 12.3. The minimum absolute atomic E-state index is 0.322. The molecule has 2 aromatic rings. The first-order valence-corrected chi connectivity index (χ1v) is 7.98. The number of carbonyl (C=O) groups excluding carboxylic acids is 2. The van der Waals surface area contributed by atoms with E-state index in [0.29, 0.717) is 23.6 Å². The zero-order valence-corrected chi connectivity index (χ0v) is 14.9. The summed E-state index contributed by atoms with van der Waals surface area (Å²) in [6, 6.07) is 13.0. The molecule has 2 N–H and O–H groups in total. The maximum absolute atomic E-state index is 12.3. The number of hydrogen-bond acceptors (Lipinski definition) is 5. The van der Waals surface area contributed by atoms with Gasteiger partial charge in [-0.25, -0.2) is 9.59 Å². The SMILES string of the molecule is COC(=O)[C@H](Cc1ccccc1)NC(=O)Nc1cc(OC)cc(OC)c1. The second-order valence-corrected chi connectivity index (χ2v) is 5.47. The molecule has 7 heteroatoms. The predicted molar refractivity (Wildman–Crippen MR) is 97.7 cm³/mol. The lowest BCUT2D eigenvalue weighted by Crippen LogP contribution is -2.45. The second-order valence-electron chi connectivity index (χ2n) is 5.47. The summed E-state index contributed by atoms with van der Waals surface area (Å²) < 4.78 is 15.1. The van der Waals surface area contributed by atoms with E-state index >= 15 is 0 Å². The van der Waals surface area contributed by atoms with Crippen molar-refractivity contribution in [2.75, 3.05) is 26.6 Å². The Kier molecular flexibility index (Phi) is 6.84. The lowest BCUT2D eigenvalue weighted by atomic mass is 10.1. The van der Waals surface area contributed by atoms with E-state index in [1.54, 1.807) is 18.2 Å². The van der Waals surface area contributed by atoms with Gasteiger partial charge in [-0.15, -0.1) is 0 Å². The number of hydrogen-bond donors (Lipinski definition) is 2. The van der Waals surface area contributed by atoms with E-state index in [9.17, 15) is 9.59 Å². The molecule has 0 saturated heterocycles. The van der Waals surface area contributed by atoms with E-state index in [0.717, 1.165) is 5.56 Å². The van der Waals surface area contributed by atoms with Crippen molar-refractivity contribution in [1.29, 1.82) is 0 Å². The molecule has 0 aromatic heterocycles. The van der Waals surface area contributed by atoms with Crippen molar-refractivity contribution < 1.29 is 23.8 Å². The molecular formula is C19H22N2O5. The first-order chi connectivity index (χ1) is 12.5. The third-order valence-corrected chi connectivity index (χ3v) is 3.68. The summed E-state index contributed by atoms with van der Waals surface area (Å²) >= 11 is 0. The molecule has 0 aliphatic heterocycles. The van der Waals surface area contributed by atoms with Gasteiger partial charge in [0.2, 0.25) is 0 Å². The quantitative estimate of drug-likeness (QED) is 0.743. The van der Waals surface area contributed by atoms with Crippen LogP contribution in [0.4, 0.5) is 10.5 Å². The summed E-state index contributed by atoms with van der Waals surface area (Å²) in [5.74, 6) is 0.550. The lowest BCUT2D eigenvalue weighted by Gasteiger charge is -2.17. The molecule has 0 spiro atoms. The van der Waals surface area contributed by atoms with Gasteiger partial charge in [-0.1, -0.05) is 30.3 Å². The molecule has 0 aliphatic rings. The Hall–Kier alpha value is -3.22. The average Bonchev–Trinajstić information content (AvgIpc) is 2.67. The molecular weight excluding hydrogens is 336 g/mol. The Bertz CT molecular complexity index is 727. The molecule has 2 aromatic carbocycles. The van der Waals surface area contributed by atoms with Gasteiger partial charge in [0, 0.05) is 30.3 Å². The van der Waals surface area contributed by atoms with Crippen LogP contribution in [0.2, 0.25) is 0 Å². The molecule has 0 bridgehead atoms. The average molecular weight is 358 g/mol. The molecule has 26 heavy (non-hydrogen) atoms. The number of nitrogens with one attached hydrogen (secondary N) is 2. The van der Waals surface area contributed by atoms with Gasteiger partial charge in [0.15, 0.2) is 0 Å². The molecule has 2 amide bonds. The van der Waals surface area contributed by atoms with Crippen molar-refractivity contribution in [2.45, 2.75) is 12.5 Å². The van der Waals surface area contributed by atoms with Crippen LogP contribution in [-0.2, 0) is 16.0 Å². The van der Waals surface area contributed by atoms with Gasteiger partial charge in [0.1, 0.15) is 17.5 Å². The number of amides is 2. The third-order valence-electron chi connectivity index (χ3n) is 3.68. The molecule has 0 saturated carbocycles. The van der Waals surface area contributed by atoms with Crippen LogP contribution in [0.25, 0.3) is 0 Å². The molecule has 0 fully saturated rings. The van der Waals surface area contributed by atoms with E-state index in [4.69, 9.17) is 14.2 Å². The van der Waals surface area contributed by atoms with Gasteiger partial charge in [0.25, 0.3) is 0 Å². The van der Waals surface area contributed by atoms with Gasteiger partial charge in [-0.05, 0) is 5.56 Å². The fourth-order valence-electron chi connectivity index (χ4n) is 2.39. The van der Waals surface area contributed by atoms with Crippen molar-refractivity contribution in [1.82, 2.24) is 5.32 Å². The predicted octanol–water partition coefficient (Wildman–Crippen LogP) is 2.61. The highest BCUT2D eigenvalue weighted by Crippen LogP contribution is 2.25. The zero-order valence-electron chi connectivity index (χ0n) is 14.9. The van der Waals surface area contributed by atoms with E-state index in [2.05, 4.69) is 10.6 Å². The molecule has 138 valence electrons. The fourth-order valence-corrected chi connectivity index (χ4v) is 2.39. The van der Waals surface area contributed by atoms with E-state index in [1.165, 1.54) is 21.3 Å². The van der Waals surface area contributed by atoms with Crippen LogP contribution >= 0.6 is 0 Å². The van der Waals surface area contributed by atoms with Crippen LogP contribution in [0, 0.1) is 0 Å². The number of carbonyl (C=O) groups is 2. The third kappa shape index (κ3) is 5.41. The number of benzene rings is 2. The zero-order chi connectivity index (χ0) is 18.9. The summed E-state index contributed by atoms with van der Waals surface area (Å²) in [7, 11) is 4.32. The Balaban J connectivity index is 2.08. The highest BCUT2D eigenvalue weighted by molar-refractivity contribution is 5.93. The summed E-state index contributed by atoms with van der Waals surface area (Å²) in [6.45, 7) is 0. The number of esters is 1. The molecule has 0 unspecified atom stereocenters. The maximum Gasteiger partial charge on any atom is 0.328 e. The first kappa shape index (κ1) is 19.1. The number of rotatable bonds is 7. The van der Waals surface area contributed by atoms with Crippen molar-refractivity contribution in [3.05, 3.63) is 54.1 Å². The fraction of sp³-hybridized carbons (Fsp3) is 0.263. The van der Waals surface area contributed by atoms with Crippen molar-refractivity contribution in [2.24, 2.45) is 0 Å². The van der Waals surface area contributed by atoms with E-state index in [-0.39, 0.29) is 0 Å². The Morgan fingerprint density at radius 2 is 1.58 bits per heavy atom. The lowest BCUT2D eigenvalue weighted by molar-refractivity contribution is -0.142. The minimum atomic E-state index is -0.810. The summed E-state index contributed by atoms with van der Waals surface area (Å²) in [5.41, 5.74) is 1.38. The molecule has 7 nitrogen and oxygen atoms in total. The smallest absolute Gasteiger partial charge is 0.328 e. The first-order valence-electron chi connectivity index (χ1n) is 7.98. The topological polar surface area (TPSA) is 85.9 Å². The standard InChI is InChI=1S/C19H22N2O5/c1-24-15-10-14(11-16(12-15)25-2)20-19(23)21-17(18(22)26-3)9-13-7-5-4-6-8-13/h4-8,10-12,17H,9H2,1-3H3,(H2,20,21,23)/t17-/m0/s1. The summed E-state index contributed by atoms with van der Waals surface area (Å²) in [5, 5.41) is 5.30. The molecule has 0 heterocycles. The highest BCUT2D eigenvalue weighted by atomic mass is 16.5. The molecule has 0 aliphatic carbocycles. The van der Waals surface area contributed by atoms with Crippen LogP contribution in [0.5, 0.6) is 11.5 Å². The van der Waals surface area contributed by atoms with Crippen molar-refractivity contribution in [3.63, 3.8) is 0 Å². The normalized spacial score (nSPS) is 11.2. The van der Waals surface area contributed by atoms with E-state index in [1.807, 2.05) is 30.3 Å². The monoisotopic (exact) mass is 358 g/mol. The molecule has 1 atom stereocenters. The van der Waals surface area contributed by atoms with Crippen molar-refractivity contribution in [3.8, 4) is 11.5 Å². The largest absolute Gasteiger partial charge is 0.497 e. The minimum Gasteiger partial charge on any atom is -0.497 e. The van der Waals surface area contributed by atoms with Gasteiger partial charge < -0.3 is 24.8 Å². The van der Waals surface area contributed by atoms with Crippen LogP contribution in [0.15, 0.2) is 48.5 Å². The van der Waals surface area contributed by atoms with Gasteiger partial charge in [0.05, 0.1) is 21.3 Å². The number of urea groups is 1. The van der Waals surface area contributed by atoms with Crippen LogP contribution < -0.4 is 20.1 Å². The van der Waals surface area contributed by atoms with Crippen molar-refractivity contribution >= 4 is 17.7 Å². The van der Waals surface area contributed by atoms with Gasteiger partial charge >= 0.3 is 12.0 Å². The van der Waals surface area contributed by atoms with Gasteiger partial charge in [-0.3, -0.25) is 0 Å². The van der Waals surface area contributed by atoms with E-state index < -0.39 is 18.0 Å². The van der Waals surface area contributed by atoms with Crippen LogP contribution in [0.1, 0.15) is 5.56 Å². The highest BCUT2D eigenvalue weighted by Gasteiger charge is 2.22. The Labute approximate surface area is 152 Å². The molecule has 2 rings (SSSR count). The van der Waals surface area contributed by atoms with Crippen LogP contribution in [0.3, 0.4) is 0 Å². The number of methoxy groups -OCH3 is 3. The summed E-state index contributed by atoms with van der Waals surface area (Å²) in [4.78, 5) is 24.3. The van der Waals surface area contributed by atoms with Gasteiger partial charge in [-0.2, -0.15) is 0 Å². The Morgan fingerprint density at radius 3 is 2.12 bits per heavy atom.